The van der Waals surface area contributed by atoms with Gasteiger partial charge in [-0.05, 0) is 68.4 Å². The first-order valence-electron chi connectivity index (χ1n) is 15.5. The van der Waals surface area contributed by atoms with Gasteiger partial charge < -0.3 is 30.6 Å². The molecule has 238 valence electrons. The molecule has 0 bridgehead atoms. The summed E-state index contributed by atoms with van der Waals surface area (Å²) in [5.74, 6) is -3.03. The number of nitrogens with one attached hydrogen (secondary N) is 3. The van der Waals surface area contributed by atoms with Crippen LogP contribution in [0.1, 0.15) is 92.0 Å². The van der Waals surface area contributed by atoms with Gasteiger partial charge in [0.1, 0.15) is 0 Å². The highest BCUT2D eigenvalue weighted by Gasteiger charge is 2.68. The van der Waals surface area contributed by atoms with Crippen molar-refractivity contribution in [3.8, 4) is 0 Å². The van der Waals surface area contributed by atoms with Crippen LogP contribution >= 0.6 is 0 Å². The normalized spacial score (nSPS) is 27.8. The minimum absolute atomic E-state index is 0.0211. The maximum absolute atomic E-state index is 12.5. The number of carboxylic acid groups (broad SMARTS) is 2. The molecule has 2 aromatic rings. The van der Waals surface area contributed by atoms with Gasteiger partial charge in [0.15, 0.2) is 0 Å². The molecule has 5 heterocycles. The van der Waals surface area contributed by atoms with Gasteiger partial charge in [0.25, 0.3) is 5.91 Å². The molecule has 0 aliphatic carbocycles. The van der Waals surface area contributed by atoms with Crippen LogP contribution in [0.2, 0.25) is 0 Å². The number of hydrogen-bond acceptors (Lipinski definition) is 6. The van der Waals surface area contributed by atoms with Gasteiger partial charge in [-0.2, -0.15) is 5.06 Å². The highest BCUT2D eigenvalue weighted by Crippen LogP contribution is 2.57. The molecule has 11 heteroatoms. The first kappa shape index (κ1) is 31.6. The minimum atomic E-state index is -1.27. The molecule has 0 radical (unpaired) electrons. The highest BCUT2D eigenvalue weighted by atomic mass is 16.9. The molecule has 5 rings (SSSR count). The Bertz CT molecular complexity index is 1550. The van der Waals surface area contributed by atoms with Gasteiger partial charge in [0, 0.05) is 77.8 Å². The second kappa shape index (κ2) is 11.9. The van der Waals surface area contributed by atoms with Crippen LogP contribution in [0.25, 0.3) is 6.08 Å². The Labute approximate surface area is 257 Å². The summed E-state index contributed by atoms with van der Waals surface area (Å²) >= 11 is 0. The van der Waals surface area contributed by atoms with Crippen LogP contribution in [-0.2, 0) is 44.9 Å². The Hall–Kier alpha value is -3.83. The Morgan fingerprint density at radius 2 is 1.61 bits per heavy atom. The SMILES string of the molecule is C/C=C1\C(=O)N[C@H](Cc2[nH]c(Cc3[nH]c(/C=C4/[C@H](CC)[C@@H](C)[C@@]5(O)ON45)c(C)c3CCC(=O)O)c(CCC(=O)O)c2C)C1C. The van der Waals surface area contributed by atoms with E-state index < -0.39 is 17.8 Å². The highest BCUT2D eigenvalue weighted by molar-refractivity contribution is 5.96. The monoisotopic (exact) mass is 608 g/mol. The summed E-state index contributed by atoms with van der Waals surface area (Å²) in [6, 6.07) is -0.0816. The molecule has 3 aliphatic rings. The van der Waals surface area contributed by atoms with Crippen molar-refractivity contribution < 1.29 is 34.5 Å². The number of H-pyrrole nitrogens is 2. The zero-order valence-corrected chi connectivity index (χ0v) is 26.3. The molecule has 2 aromatic heterocycles. The van der Waals surface area contributed by atoms with Crippen LogP contribution in [0.3, 0.4) is 0 Å². The fourth-order valence-electron chi connectivity index (χ4n) is 7.25. The number of amides is 1. The van der Waals surface area contributed by atoms with Crippen molar-refractivity contribution in [3.63, 3.8) is 0 Å². The quantitative estimate of drug-likeness (QED) is 0.154. The van der Waals surface area contributed by atoms with E-state index >= 15 is 0 Å². The molecular formula is C33H44N4O7. The standard InChI is InChI=1S/C33H44N4O7/c1-7-20-16(3)25(36-32(20)42)13-24-17(4)22(9-11-30(38)39)27(34-24)14-28-23(10-12-31(40)41)18(5)26(35-28)15-29-21(8-2)19(6)33(43)37(29)44-33/h7,15-16,19,21,25,34-35,43H,8-14H2,1-6H3,(H,36,42)(H,38,39)(H,40,41)/b20-7-,29-15-/t16?,19-,21-,25-,33-,37?/m1/s1. The lowest BCUT2D eigenvalue weighted by molar-refractivity contribution is -0.138. The summed E-state index contributed by atoms with van der Waals surface area (Å²) in [5, 5.41) is 34.4. The van der Waals surface area contributed by atoms with Gasteiger partial charge in [0.05, 0.1) is 5.70 Å². The predicted octanol–water partition coefficient (Wildman–Crippen LogP) is 4.12. The number of carboxylic acids is 2. The second-order valence-corrected chi connectivity index (χ2v) is 12.5. The number of aromatic nitrogens is 2. The fourth-order valence-corrected chi connectivity index (χ4v) is 7.25. The molecule has 0 saturated carbocycles. The summed E-state index contributed by atoms with van der Waals surface area (Å²) in [4.78, 5) is 48.3. The third-order valence-electron chi connectivity index (χ3n) is 10.0. The van der Waals surface area contributed by atoms with Crippen LogP contribution < -0.4 is 5.32 Å². The molecule has 1 unspecified atom stereocenters. The van der Waals surface area contributed by atoms with Crippen molar-refractivity contribution in [2.45, 2.75) is 98.4 Å². The van der Waals surface area contributed by atoms with Crippen LogP contribution in [0.15, 0.2) is 17.3 Å². The molecule has 5 atom stereocenters. The van der Waals surface area contributed by atoms with Gasteiger partial charge >= 0.3 is 11.9 Å². The number of aromatic amines is 2. The lowest BCUT2D eigenvalue weighted by Gasteiger charge is -2.17. The second-order valence-electron chi connectivity index (χ2n) is 12.5. The first-order valence-corrected chi connectivity index (χ1v) is 15.5. The number of allylic oxidation sites excluding steroid dienone is 2. The number of rotatable bonds is 12. The molecule has 0 aromatic carbocycles. The van der Waals surface area contributed by atoms with E-state index in [2.05, 4.69) is 22.2 Å². The van der Waals surface area contributed by atoms with Crippen molar-refractivity contribution in [3.05, 3.63) is 62.4 Å². The predicted molar refractivity (Wildman–Crippen MR) is 163 cm³/mol. The number of hydrogen-bond donors (Lipinski definition) is 6. The minimum Gasteiger partial charge on any atom is -0.481 e. The third kappa shape index (κ3) is 5.59. The molecule has 3 fully saturated rings. The first-order chi connectivity index (χ1) is 20.8. The number of fused-ring (bicyclic) bond motifs is 1. The van der Waals surface area contributed by atoms with Crippen molar-refractivity contribution in [2.24, 2.45) is 17.8 Å². The summed E-state index contributed by atoms with van der Waals surface area (Å²) in [6.45, 7) is 11.9. The molecule has 44 heavy (non-hydrogen) atoms. The van der Waals surface area contributed by atoms with E-state index in [0.717, 1.165) is 62.7 Å². The van der Waals surface area contributed by atoms with Gasteiger partial charge in [-0.15, -0.1) is 0 Å². The molecule has 1 amide bonds. The summed E-state index contributed by atoms with van der Waals surface area (Å²) in [7, 11) is 0. The van der Waals surface area contributed by atoms with Gasteiger partial charge in [-0.3, -0.25) is 14.4 Å². The summed E-state index contributed by atoms with van der Waals surface area (Å²) < 4.78 is 0. The van der Waals surface area contributed by atoms with Crippen molar-refractivity contribution in [2.75, 3.05) is 0 Å². The molecule has 11 nitrogen and oxygen atoms in total. The number of aliphatic hydroxyl groups is 1. The van der Waals surface area contributed by atoms with E-state index in [0.29, 0.717) is 25.7 Å². The van der Waals surface area contributed by atoms with Crippen molar-refractivity contribution in [1.29, 1.82) is 0 Å². The van der Waals surface area contributed by atoms with Crippen LogP contribution in [0.5, 0.6) is 0 Å². The number of aliphatic carboxylic acids is 2. The van der Waals surface area contributed by atoms with E-state index in [1.54, 1.807) is 5.06 Å². The zero-order valence-electron chi connectivity index (χ0n) is 26.3. The summed E-state index contributed by atoms with van der Waals surface area (Å²) in [5.41, 5.74) is 8.94. The van der Waals surface area contributed by atoms with Crippen LogP contribution in [0, 0.1) is 31.6 Å². The van der Waals surface area contributed by atoms with E-state index in [4.69, 9.17) is 4.84 Å². The Kier molecular flexibility index (Phi) is 8.56. The topological polar surface area (TPSA) is 171 Å². The lowest BCUT2D eigenvalue weighted by Crippen LogP contribution is -2.30. The molecular weight excluding hydrogens is 564 g/mol. The average molecular weight is 609 g/mol. The van der Waals surface area contributed by atoms with Crippen molar-refractivity contribution >= 4 is 23.9 Å². The maximum atomic E-state index is 12.5. The van der Waals surface area contributed by atoms with Gasteiger partial charge in [-0.1, -0.05) is 26.8 Å². The molecule has 3 aliphatic heterocycles. The number of carbonyl (C=O) groups excluding carboxylic acids is 1. The molecule has 3 saturated heterocycles. The third-order valence-corrected chi connectivity index (χ3v) is 10.0. The number of nitrogens with zero attached hydrogens (tertiary/aromatic N) is 1. The van der Waals surface area contributed by atoms with E-state index in [1.165, 1.54) is 0 Å². The van der Waals surface area contributed by atoms with Crippen molar-refractivity contribution in [1.82, 2.24) is 20.3 Å². The Balaban J connectivity index is 1.51. The molecule has 0 spiro atoms. The Morgan fingerprint density at radius 1 is 1.00 bits per heavy atom. The van der Waals surface area contributed by atoms with Crippen LogP contribution in [0.4, 0.5) is 0 Å². The van der Waals surface area contributed by atoms with E-state index in [9.17, 15) is 29.7 Å². The Morgan fingerprint density at radius 3 is 2.18 bits per heavy atom. The van der Waals surface area contributed by atoms with Gasteiger partial charge in [0.2, 0.25) is 5.91 Å². The van der Waals surface area contributed by atoms with Crippen LogP contribution in [-0.4, -0.2) is 60.1 Å². The fraction of sp³-hybridized carbons (Fsp3) is 0.545. The zero-order chi connectivity index (χ0) is 32.1. The van der Waals surface area contributed by atoms with E-state index in [1.807, 2.05) is 46.8 Å². The number of carbonyl (C=O) groups is 3. The average Bonchev–Trinajstić information content (AvgIpc) is 3.20. The summed E-state index contributed by atoms with van der Waals surface area (Å²) in [6.07, 6.45) is 6.33. The maximum Gasteiger partial charge on any atom is 0.303 e. The van der Waals surface area contributed by atoms with Gasteiger partial charge in [-0.25, -0.2) is 4.84 Å². The molecule has 6 N–H and O–H groups in total. The largest absolute Gasteiger partial charge is 0.481 e. The number of hydroxylamine groups is 2. The lowest BCUT2D eigenvalue weighted by atomic mass is 9.90. The van der Waals surface area contributed by atoms with E-state index in [-0.39, 0.29) is 42.5 Å². The smallest absolute Gasteiger partial charge is 0.303 e.